The highest BCUT2D eigenvalue weighted by molar-refractivity contribution is 6.17. The maximum atomic E-state index is 13.0. The number of aromatic nitrogens is 1. The minimum atomic E-state index is -0.660. The van der Waals surface area contributed by atoms with Gasteiger partial charge >= 0.3 is 0 Å². The molecule has 2 aliphatic carbocycles. The van der Waals surface area contributed by atoms with Crippen LogP contribution in [-0.2, 0) is 6.54 Å². The smallest absolute Gasteiger partial charge is 0.281 e. The van der Waals surface area contributed by atoms with Crippen molar-refractivity contribution in [3.8, 4) is 11.9 Å². The summed E-state index contributed by atoms with van der Waals surface area (Å²) in [5.41, 5.74) is 0.0782. The van der Waals surface area contributed by atoms with Gasteiger partial charge in [0.05, 0.1) is 17.5 Å². The first-order chi connectivity index (χ1) is 15.9. The zero-order valence-corrected chi connectivity index (χ0v) is 17.7. The second-order valence-corrected chi connectivity index (χ2v) is 7.80. The van der Waals surface area contributed by atoms with Gasteiger partial charge in [-0.25, -0.2) is 0 Å². The number of carbonyl (C=O) groups excluding carboxylic acids is 2. The number of hydrogen-bond acceptors (Lipinski definition) is 8. The van der Waals surface area contributed by atoms with Gasteiger partial charge in [-0.1, -0.05) is 24.3 Å². The van der Waals surface area contributed by atoms with E-state index in [-0.39, 0.29) is 59.2 Å². The standard InChI is InChI=1S/C24H20N4O5/c1-13-19(12-25)23(32)28(9-4-10-29)24(33)20(13)27-26-14-7-8-17-18(11-14)22(31)16-6-3-2-5-15(16)21(17)30/h2-3,5-8,11,15-16,29,32H,4,9-10H2,1H3. The molecule has 2 aliphatic rings. The number of rotatable bonds is 5. The van der Waals surface area contributed by atoms with E-state index >= 15 is 0 Å². The molecule has 0 saturated carbocycles. The van der Waals surface area contributed by atoms with Gasteiger partial charge in [-0.15, -0.1) is 5.11 Å². The fraction of sp³-hybridized carbons (Fsp3) is 0.250. The van der Waals surface area contributed by atoms with E-state index in [1.807, 2.05) is 6.07 Å². The number of aliphatic hydroxyl groups is 1. The Bertz CT molecular complexity index is 1360. The van der Waals surface area contributed by atoms with Gasteiger partial charge in [-0.05, 0) is 31.5 Å². The molecule has 9 heteroatoms. The highest BCUT2D eigenvalue weighted by Crippen LogP contribution is 2.36. The lowest BCUT2D eigenvalue weighted by Crippen LogP contribution is -2.35. The first-order valence-corrected chi connectivity index (χ1v) is 10.4. The average molecular weight is 444 g/mol. The number of nitrogens with zero attached hydrogens (tertiary/aromatic N) is 4. The van der Waals surface area contributed by atoms with Crippen LogP contribution in [0.5, 0.6) is 5.88 Å². The van der Waals surface area contributed by atoms with Crippen LogP contribution in [0.3, 0.4) is 0 Å². The first-order valence-electron chi connectivity index (χ1n) is 10.4. The SMILES string of the molecule is Cc1c(C#N)c(O)n(CCCO)c(=O)c1N=Nc1ccc2c(c1)C(=O)C1C=CC=CC1C2=O. The number of ketones is 2. The van der Waals surface area contributed by atoms with Crippen LogP contribution in [0, 0.1) is 30.1 Å². The van der Waals surface area contributed by atoms with Crippen LogP contribution < -0.4 is 5.56 Å². The van der Waals surface area contributed by atoms with Crippen molar-refractivity contribution in [1.82, 2.24) is 4.57 Å². The van der Waals surface area contributed by atoms with E-state index in [0.717, 1.165) is 4.57 Å². The maximum absolute atomic E-state index is 13.0. The Morgan fingerprint density at radius 3 is 2.36 bits per heavy atom. The Hall–Kier alpha value is -4.16. The topological polar surface area (TPSA) is 145 Å². The summed E-state index contributed by atoms with van der Waals surface area (Å²) >= 11 is 0. The lowest BCUT2D eigenvalue weighted by Gasteiger charge is -2.28. The highest BCUT2D eigenvalue weighted by Gasteiger charge is 2.39. The van der Waals surface area contributed by atoms with E-state index < -0.39 is 23.3 Å². The maximum Gasteiger partial charge on any atom is 0.281 e. The molecule has 2 aromatic rings. The molecule has 0 fully saturated rings. The van der Waals surface area contributed by atoms with Crippen LogP contribution in [0.25, 0.3) is 0 Å². The molecule has 33 heavy (non-hydrogen) atoms. The minimum absolute atomic E-state index is 0.00136. The van der Waals surface area contributed by atoms with Crippen molar-refractivity contribution in [3.05, 3.63) is 75.1 Å². The molecule has 0 saturated heterocycles. The van der Waals surface area contributed by atoms with Gasteiger partial charge in [0.1, 0.15) is 11.6 Å². The van der Waals surface area contributed by atoms with Crippen LogP contribution in [0.15, 0.2) is 57.5 Å². The summed E-state index contributed by atoms with van der Waals surface area (Å²) in [5.74, 6) is -1.89. The average Bonchev–Trinajstić information content (AvgIpc) is 2.82. The number of azo groups is 1. The Labute approximate surface area is 188 Å². The molecule has 2 atom stereocenters. The van der Waals surface area contributed by atoms with Crippen LogP contribution >= 0.6 is 0 Å². The molecule has 1 aromatic heterocycles. The van der Waals surface area contributed by atoms with Crippen molar-refractivity contribution >= 4 is 22.9 Å². The molecule has 0 aliphatic heterocycles. The third-order valence-electron chi connectivity index (χ3n) is 5.85. The number of carbonyl (C=O) groups is 2. The number of allylic oxidation sites excluding steroid dienone is 4. The van der Waals surface area contributed by atoms with Crippen LogP contribution in [0.4, 0.5) is 11.4 Å². The molecule has 4 rings (SSSR count). The molecule has 1 heterocycles. The predicted molar refractivity (Wildman–Crippen MR) is 118 cm³/mol. The summed E-state index contributed by atoms with van der Waals surface area (Å²) in [6, 6.07) is 6.37. The zero-order valence-electron chi connectivity index (χ0n) is 17.7. The predicted octanol–water partition coefficient (Wildman–Crippen LogP) is 3.27. The second-order valence-electron chi connectivity index (χ2n) is 7.80. The fourth-order valence-corrected chi connectivity index (χ4v) is 4.08. The quantitative estimate of drug-likeness (QED) is 0.677. The molecular weight excluding hydrogens is 424 g/mol. The first kappa shape index (κ1) is 22.0. The van der Waals surface area contributed by atoms with Crippen molar-refractivity contribution in [3.63, 3.8) is 0 Å². The monoisotopic (exact) mass is 444 g/mol. The van der Waals surface area contributed by atoms with Crippen LogP contribution in [-0.4, -0.2) is 33.0 Å². The van der Waals surface area contributed by atoms with E-state index in [1.165, 1.54) is 25.1 Å². The summed E-state index contributed by atoms with van der Waals surface area (Å²) in [4.78, 5) is 38.6. The molecule has 1 aromatic carbocycles. The molecule has 0 bridgehead atoms. The zero-order chi connectivity index (χ0) is 23.7. The van der Waals surface area contributed by atoms with Crippen molar-refractivity contribution in [1.29, 1.82) is 5.26 Å². The largest absolute Gasteiger partial charge is 0.493 e. The van der Waals surface area contributed by atoms with Crippen molar-refractivity contribution in [2.45, 2.75) is 19.9 Å². The summed E-state index contributed by atoms with van der Waals surface area (Å²) in [6.07, 6.45) is 7.13. The van der Waals surface area contributed by atoms with E-state index in [2.05, 4.69) is 10.2 Å². The van der Waals surface area contributed by atoms with Crippen molar-refractivity contribution in [2.75, 3.05) is 6.61 Å². The van der Waals surface area contributed by atoms with Gasteiger partial charge in [0.2, 0.25) is 5.88 Å². The molecule has 0 spiro atoms. The number of pyridine rings is 1. The molecule has 0 amide bonds. The molecule has 2 N–H and O–H groups in total. The Morgan fingerprint density at radius 2 is 1.73 bits per heavy atom. The Kier molecular flexibility index (Phi) is 5.85. The fourth-order valence-electron chi connectivity index (χ4n) is 4.08. The number of fused-ring (bicyclic) bond motifs is 2. The Balaban J connectivity index is 1.75. The third kappa shape index (κ3) is 3.70. The number of hydrogen-bond donors (Lipinski definition) is 2. The number of nitriles is 1. The lowest BCUT2D eigenvalue weighted by molar-refractivity contribution is 0.0801. The van der Waals surface area contributed by atoms with Gasteiger partial charge in [-0.2, -0.15) is 10.4 Å². The summed E-state index contributed by atoms with van der Waals surface area (Å²) in [5, 5.41) is 36.8. The number of benzene rings is 1. The summed E-state index contributed by atoms with van der Waals surface area (Å²) in [7, 11) is 0. The highest BCUT2D eigenvalue weighted by atomic mass is 16.3. The number of Topliss-reactive ketones (excluding diaryl/α,β-unsaturated/α-hetero) is 2. The summed E-state index contributed by atoms with van der Waals surface area (Å²) in [6.45, 7) is 1.27. The number of aliphatic hydroxyl groups excluding tert-OH is 1. The van der Waals surface area contributed by atoms with Gasteiger partial charge in [0.15, 0.2) is 17.3 Å². The molecule has 0 radical (unpaired) electrons. The van der Waals surface area contributed by atoms with Gasteiger partial charge in [0.25, 0.3) is 5.56 Å². The van der Waals surface area contributed by atoms with E-state index in [9.17, 15) is 24.8 Å². The van der Waals surface area contributed by atoms with E-state index in [0.29, 0.717) is 5.56 Å². The Morgan fingerprint density at radius 1 is 1.06 bits per heavy atom. The minimum Gasteiger partial charge on any atom is -0.493 e. The lowest BCUT2D eigenvalue weighted by atomic mass is 9.72. The second kappa shape index (κ2) is 8.76. The number of aromatic hydroxyl groups is 1. The molecular formula is C24H20N4O5. The van der Waals surface area contributed by atoms with Gasteiger partial charge in [-0.3, -0.25) is 19.0 Å². The van der Waals surface area contributed by atoms with Crippen molar-refractivity contribution in [2.24, 2.45) is 22.1 Å². The molecule has 2 unspecified atom stereocenters. The van der Waals surface area contributed by atoms with E-state index in [1.54, 1.807) is 24.3 Å². The molecule has 9 nitrogen and oxygen atoms in total. The van der Waals surface area contributed by atoms with Crippen LogP contribution in [0.1, 0.15) is 38.3 Å². The van der Waals surface area contributed by atoms with Gasteiger partial charge in [0, 0.05) is 29.8 Å². The normalized spacial score (nSPS) is 18.9. The van der Waals surface area contributed by atoms with Crippen molar-refractivity contribution < 1.29 is 19.8 Å². The molecule has 166 valence electrons. The summed E-state index contributed by atoms with van der Waals surface area (Å²) < 4.78 is 0.967. The third-order valence-corrected chi connectivity index (χ3v) is 5.85. The van der Waals surface area contributed by atoms with E-state index in [4.69, 9.17) is 5.11 Å². The van der Waals surface area contributed by atoms with Gasteiger partial charge < -0.3 is 10.2 Å². The van der Waals surface area contributed by atoms with Crippen LogP contribution in [0.2, 0.25) is 0 Å².